The lowest BCUT2D eigenvalue weighted by Gasteiger charge is -2.36. The van der Waals surface area contributed by atoms with Crippen molar-refractivity contribution < 1.29 is 18.0 Å². The maximum Gasteiger partial charge on any atom is 0.417 e. The number of aryl methyl sites for hydroxylation is 1. The lowest BCUT2D eigenvalue weighted by Crippen LogP contribution is -2.48. The number of rotatable bonds is 5. The molecule has 3 aromatic rings. The smallest absolute Gasteiger partial charge is 0.368 e. The number of hydrogen-bond acceptors (Lipinski definition) is 5. The van der Waals surface area contributed by atoms with Crippen LogP contribution in [-0.2, 0) is 6.18 Å². The average molecular weight is 456 g/mol. The van der Waals surface area contributed by atoms with E-state index < -0.39 is 11.7 Å². The summed E-state index contributed by atoms with van der Waals surface area (Å²) in [6, 6.07) is 7.67. The van der Waals surface area contributed by atoms with Crippen LogP contribution in [-0.4, -0.2) is 49.7 Å². The van der Waals surface area contributed by atoms with Crippen molar-refractivity contribution in [3.05, 3.63) is 65.9 Å². The first-order chi connectivity index (χ1) is 15.8. The fraction of sp³-hybridized carbons (Fsp3) is 0.391. The third kappa shape index (κ3) is 4.42. The van der Waals surface area contributed by atoms with Crippen molar-refractivity contribution in [2.24, 2.45) is 11.8 Å². The van der Waals surface area contributed by atoms with Crippen molar-refractivity contribution >= 4 is 11.7 Å². The second kappa shape index (κ2) is 8.17. The summed E-state index contributed by atoms with van der Waals surface area (Å²) in [5, 5.41) is 7.36. The maximum absolute atomic E-state index is 13.7. The fourth-order valence-corrected chi connectivity index (χ4v) is 4.47. The fourth-order valence-electron chi connectivity index (χ4n) is 4.47. The van der Waals surface area contributed by atoms with Gasteiger partial charge in [-0.1, -0.05) is 0 Å². The molecule has 3 aromatic heterocycles. The summed E-state index contributed by atoms with van der Waals surface area (Å²) in [6.07, 6.45) is 1.74. The van der Waals surface area contributed by atoms with Crippen LogP contribution in [0.15, 0.2) is 48.9 Å². The Kier molecular flexibility index (Phi) is 5.30. The van der Waals surface area contributed by atoms with Gasteiger partial charge in [-0.25, -0.2) is 14.6 Å². The Labute approximate surface area is 188 Å². The van der Waals surface area contributed by atoms with Crippen LogP contribution in [0.4, 0.5) is 19.0 Å². The minimum atomic E-state index is -4.42. The number of carbonyl (C=O) groups is 1. The van der Waals surface area contributed by atoms with Gasteiger partial charge in [0, 0.05) is 43.4 Å². The van der Waals surface area contributed by atoms with Crippen LogP contribution in [0, 0.1) is 18.8 Å². The van der Waals surface area contributed by atoms with Crippen LogP contribution < -0.4 is 5.32 Å². The van der Waals surface area contributed by atoms with Gasteiger partial charge in [0.2, 0.25) is 0 Å². The molecule has 0 unspecified atom stereocenters. The molecule has 0 bridgehead atoms. The first-order valence-corrected chi connectivity index (χ1v) is 10.9. The zero-order valence-electron chi connectivity index (χ0n) is 18.0. The highest BCUT2D eigenvalue weighted by molar-refractivity contribution is 5.96. The molecule has 1 N–H and O–H groups in total. The number of piperidine rings is 1. The van der Waals surface area contributed by atoms with Crippen molar-refractivity contribution in [2.45, 2.75) is 32.0 Å². The van der Waals surface area contributed by atoms with E-state index in [-0.39, 0.29) is 11.9 Å². The van der Waals surface area contributed by atoms with Gasteiger partial charge in [0.25, 0.3) is 5.91 Å². The molecular weight excluding hydrogens is 433 g/mol. The van der Waals surface area contributed by atoms with E-state index in [1.807, 2.05) is 24.0 Å². The highest BCUT2D eigenvalue weighted by atomic mass is 19.4. The van der Waals surface area contributed by atoms with Gasteiger partial charge >= 0.3 is 6.18 Å². The van der Waals surface area contributed by atoms with Crippen LogP contribution in [0.25, 0.3) is 5.69 Å². The largest absolute Gasteiger partial charge is 0.417 e. The molecule has 1 aliphatic carbocycles. The van der Waals surface area contributed by atoms with Crippen LogP contribution in [0.1, 0.15) is 34.6 Å². The number of halogens is 3. The van der Waals surface area contributed by atoms with Gasteiger partial charge < -0.3 is 10.2 Å². The number of anilines is 1. The Bertz CT molecular complexity index is 1150. The Morgan fingerprint density at radius 1 is 1.18 bits per heavy atom. The number of hydrogen-bond donors (Lipinski definition) is 1. The second-order valence-electron chi connectivity index (χ2n) is 8.68. The normalized spacial score (nSPS) is 22.1. The molecule has 5 rings (SSSR count). The van der Waals surface area contributed by atoms with Crippen LogP contribution >= 0.6 is 0 Å². The molecular formula is C23H23F3N6O. The number of nitrogens with one attached hydrogen (secondary N) is 1. The van der Waals surface area contributed by atoms with Crippen LogP contribution in [0.2, 0.25) is 0 Å². The predicted octanol–water partition coefficient (Wildman–Crippen LogP) is 3.95. The molecule has 1 amide bonds. The maximum atomic E-state index is 13.7. The van der Waals surface area contributed by atoms with Gasteiger partial charge in [0.1, 0.15) is 5.82 Å². The monoisotopic (exact) mass is 456 g/mol. The van der Waals surface area contributed by atoms with Crippen LogP contribution in [0.3, 0.4) is 0 Å². The van der Waals surface area contributed by atoms with E-state index in [1.165, 1.54) is 6.07 Å². The molecule has 3 atom stereocenters. The number of fused-ring (bicyclic) bond motifs is 1. The first kappa shape index (κ1) is 21.4. The summed E-state index contributed by atoms with van der Waals surface area (Å²) in [5.74, 6) is 1.26. The quantitative estimate of drug-likeness (QED) is 0.629. The van der Waals surface area contributed by atoms with Gasteiger partial charge in [-0.3, -0.25) is 4.79 Å². The van der Waals surface area contributed by atoms with Gasteiger partial charge in [0.05, 0.1) is 11.3 Å². The minimum Gasteiger partial charge on any atom is -0.368 e. The Morgan fingerprint density at radius 3 is 2.73 bits per heavy atom. The molecule has 33 heavy (non-hydrogen) atoms. The summed E-state index contributed by atoms with van der Waals surface area (Å²) < 4.78 is 40.0. The summed E-state index contributed by atoms with van der Waals surface area (Å²) in [4.78, 5) is 23.9. The van der Waals surface area contributed by atoms with E-state index in [9.17, 15) is 18.0 Å². The molecule has 7 nitrogen and oxygen atoms in total. The lowest BCUT2D eigenvalue weighted by atomic mass is 10.0. The molecule has 0 radical (unpaired) electrons. The molecule has 1 aliphatic heterocycles. The molecule has 1 saturated carbocycles. The van der Waals surface area contributed by atoms with E-state index in [0.717, 1.165) is 30.8 Å². The van der Waals surface area contributed by atoms with Gasteiger partial charge in [-0.05, 0) is 61.9 Å². The third-order valence-corrected chi connectivity index (χ3v) is 6.35. The lowest BCUT2D eigenvalue weighted by molar-refractivity contribution is -0.137. The first-order valence-electron chi connectivity index (χ1n) is 10.9. The minimum absolute atomic E-state index is 0.113. The van der Waals surface area contributed by atoms with Gasteiger partial charge in [-0.15, -0.1) is 0 Å². The highest BCUT2D eigenvalue weighted by Gasteiger charge is 2.47. The molecule has 2 fully saturated rings. The molecule has 4 heterocycles. The zero-order valence-corrected chi connectivity index (χ0v) is 18.0. The van der Waals surface area contributed by atoms with Crippen molar-refractivity contribution in [2.75, 3.05) is 18.4 Å². The van der Waals surface area contributed by atoms with Crippen LogP contribution in [0.5, 0.6) is 0 Å². The molecule has 2 aliphatic rings. The van der Waals surface area contributed by atoms with E-state index in [4.69, 9.17) is 0 Å². The topological polar surface area (TPSA) is 75.9 Å². The summed E-state index contributed by atoms with van der Waals surface area (Å²) in [7, 11) is 0. The molecule has 172 valence electrons. The molecule has 0 aromatic carbocycles. The van der Waals surface area contributed by atoms with Crippen molar-refractivity contribution in [1.82, 2.24) is 24.6 Å². The zero-order chi connectivity index (χ0) is 23.2. The predicted molar refractivity (Wildman–Crippen MR) is 115 cm³/mol. The molecule has 0 spiro atoms. The summed E-state index contributed by atoms with van der Waals surface area (Å²) in [6.45, 7) is 2.88. The number of amides is 1. The number of likely N-dealkylation sites (tertiary alicyclic amines) is 1. The van der Waals surface area contributed by atoms with E-state index >= 15 is 0 Å². The van der Waals surface area contributed by atoms with Crippen molar-refractivity contribution in [1.29, 1.82) is 0 Å². The van der Waals surface area contributed by atoms with E-state index in [2.05, 4.69) is 20.4 Å². The molecule has 10 heteroatoms. The second-order valence-corrected chi connectivity index (χ2v) is 8.68. The summed E-state index contributed by atoms with van der Waals surface area (Å²) in [5.41, 5.74) is 0.902. The SMILES string of the molecule is Cc1ccc(-n2cccn2)c(C(=O)N2C[C@@H]3C[C@@H]3C[C@H]2CNc2ccc(C(F)(F)F)cn2)n1. The standard InChI is InChI=1S/C23H23F3N6O/c1-14-3-5-19(32-8-2-7-29-32)21(30-14)22(33)31-13-16-9-15(16)10-18(31)12-28-20-6-4-17(11-27-20)23(24,25)26/h2-8,11,15-16,18H,9-10,12-13H2,1H3,(H,27,28)/t15-,16+,18+/m1/s1. The Morgan fingerprint density at radius 2 is 2.03 bits per heavy atom. The number of alkyl halides is 3. The number of pyridine rings is 2. The Balaban J connectivity index is 1.36. The van der Waals surface area contributed by atoms with E-state index in [1.54, 1.807) is 23.1 Å². The Hall–Kier alpha value is -3.43. The van der Waals surface area contributed by atoms with Gasteiger partial charge in [0.15, 0.2) is 5.69 Å². The van der Waals surface area contributed by atoms with E-state index in [0.29, 0.717) is 42.1 Å². The van der Waals surface area contributed by atoms with Gasteiger partial charge in [-0.2, -0.15) is 18.3 Å². The number of carbonyl (C=O) groups excluding carboxylic acids is 1. The van der Waals surface area contributed by atoms with Crippen molar-refractivity contribution in [3.63, 3.8) is 0 Å². The average Bonchev–Trinajstić information content (AvgIpc) is 3.34. The molecule has 1 saturated heterocycles. The summed E-state index contributed by atoms with van der Waals surface area (Å²) >= 11 is 0. The third-order valence-electron chi connectivity index (χ3n) is 6.35. The number of aromatic nitrogens is 4. The van der Waals surface area contributed by atoms with Crippen molar-refractivity contribution in [3.8, 4) is 5.69 Å². The highest BCUT2D eigenvalue weighted by Crippen LogP contribution is 2.47. The number of nitrogens with zero attached hydrogens (tertiary/aromatic N) is 5.